The van der Waals surface area contributed by atoms with Crippen LogP contribution in [0.15, 0.2) is 64.2 Å². The zero-order chi connectivity index (χ0) is 31.1. The second-order valence-corrected chi connectivity index (χ2v) is 10.3. The van der Waals surface area contributed by atoms with Crippen molar-refractivity contribution in [3.05, 3.63) is 92.9 Å². The molecule has 0 fully saturated rings. The van der Waals surface area contributed by atoms with E-state index in [-0.39, 0.29) is 6.61 Å². The number of benzene rings is 2. The predicted octanol–water partition coefficient (Wildman–Crippen LogP) is 6.95. The normalized spacial score (nSPS) is 11.7. The van der Waals surface area contributed by atoms with E-state index in [0.29, 0.717) is 23.0 Å². The molecule has 0 saturated carbocycles. The number of nitrogens with two attached hydrogens (primary N) is 1. The first-order valence-electron chi connectivity index (χ1n) is 14.6. The van der Waals surface area contributed by atoms with Gasteiger partial charge in [0.05, 0.1) is 40.9 Å². The van der Waals surface area contributed by atoms with Gasteiger partial charge in [-0.2, -0.15) is 5.10 Å². The fourth-order valence-electron chi connectivity index (χ4n) is 4.74. The zero-order valence-corrected chi connectivity index (χ0v) is 26.6. The topological polar surface area (TPSA) is 101 Å². The first kappa shape index (κ1) is 34.7. The smallest absolute Gasteiger partial charge is 0.0856 e. The minimum absolute atomic E-state index is 0.128. The number of aliphatic hydroxyl groups is 1. The Labute approximate surface area is 256 Å². The molecule has 0 saturated heterocycles. The molecule has 0 aliphatic rings. The van der Waals surface area contributed by atoms with Gasteiger partial charge in [0.1, 0.15) is 0 Å². The van der Waals surface area contributed by atoms with E-state index in [9.17, 15) is 5.11 Å². The Morgan fingerprint density at radius 3 is 2.43 bits per heavy atom. The molecule has 3 rings (SSSR count). The van der Waals surface area contributed by atoms with Gasteiger partial charge in [0.15, 0.2) is 0 Å². The van der Waals surface area contributed by atoms with E-state index in [1.165, 1.54) is 16.8 Å². The number of likely N-dealkylation sites (N-methyl/N-ethyl adjacent to an activating group) is 1. The molecule has 42 heavy (non-hydrogen) atoms. The highest BCUT2D eigenvalue weighted by Crippen LogP contribution is 2.27. The highest BCUT2D eigenvalue weighted by Gasteiger charge is 2.19. The molecule has 0 spiro atoms. The fourth-order valence-corrected chi connectivity index (χ4v) is 4.92. The number of hydrogen-bond acceptors (Lipinski definition) is 6. The number of aromatic nitrogens is 2. The molecule has 1 heterocycles. The van der Waals surface area contributed by atoms with E-state index in [1.807, 2.05) is 32.3 Å². The molecule has 1 aromatic heterocycles. The standard InChI is InChI=1S/C26H39N5O.C8H8ClN/c1-7-11-22-13-10-12-20(8-2)26(22)31-19(4)23(24(30-31)14-15-27-5)17-29-16-21(9-3)25(18-32)28-6;1-2-6-4-3-5-7(9)8(6)10/h10,12-13,16,27,32H,6-9,11,14-15,17-18H2,1-5H3;2-5H,1,10H2/b25-21-,29-16?;. The van der Waals surface area contributed by atoms with Crippen molar-refractivity contribution in [1.82, 2.24) is 15.1 Å². The summed E-state index contributed by atoms with van der Waals surface area (Å²) in [6.45, 7) is 17.0. The van der Waals surface area contributed by atoms with Crippen molar-refractivity contribution >= 4 is 36.3 Å². The number of nitrogens with one attached hydrogen (secondary N) is 1. The van der Waals surface area contributed by atoms with Gasteiger partial charge in [-0.05, 0) is 68.3 Å². The highest BCUT2D eigenvalue weighted by molar-refractivity contribution is 6.33. The third kappa shape index (κ3) is 8.99. The van der Waals surface area contributed by atoms with Crippen LogP contribution >= 0.6 is 11.6 Å². The van der Waals surface area contributed by atoms with Crippen LogP contribution in [-0.4, -0.2) is 48.0 Å². The number of rotatable bonds is 14. The van der Waals surface area contributed by atoms with Gasteiger partial charge in [-0.3, -0.25) is 9.98 Å². The van der Waals surface area contributed by atoms with E-state index in [1.54, 1.807) is 12.1 Å². The van der Waals surface area contributed by atoms with Crippen LogP contribution < -0.4 is 11.1 Å². The maximum absolute atomic E-state index is 9.50. The van der Waals surface area contributed by atoms with Crippen LogP contribution in [0.3, 0.4) is 0 Å². The second-order valence-electron chi connectivity index (χ2n) is 9.86. The molecule has 2 aromatic carbocycles. The number of aliphatic hydroxyl groups excluding tert-OH is 1. The summed E-state index contributed by atoms with van der Waals surface area (Å²) in [5, 5.41) is 18.4. The summed E-state index contributed by atoms with van der Waals surface area (Å²) in [5.74, 6) is 0. The molecule has 0 aliphatic carbocycles. The van der Waals surface area contributed by atoms with Crippen LogP contribution in [0.2, 0.25) is 5.02 Å². The van der Waals surface area contributed by atoms with Gasteiger partial charge in [-0.1, -0.05) is 81.8 Å². The monoisotopic (exact) mass is 590 g/mol. The van der Waals surface area contributed by atoms with Gasteiger partial charge >= 0.3 is 0 Å². The van der Waals surface area contributed by atoms with E-state index in [2.05, 4.69) is 67.3 Å². The van der Waals surface area contributed by atoms with Crippen LogP contribution in [-0.2, 0) is 25.8 Å². The minimum atomic E-state index is -0.128. The van der Waals surface area contributed by atoms with Crippen molar-refractivity contribution in [2.24, 2.45) is 9.98 Å². The lowest BCUT2D eigenvalue weighted by molar-refractivity contribution is 0.329. The summed E-state index contributed by atoms with van der Waals surface area (Å²) in [6, 6.07) is 12.1. The summed E-state index contributed by atoms with van der Waals surface area (Å²) in [6.07, 6.45) is 8.19. The molecule has 3 aromatic rings. The molecule has 0 bridgehead atoms. The van der Waals surface area contributed by atoms with Crippen LogP contribution in [0.25, 0.3) is 11.8 Å². The number of anilines is 1. The number of aliphatic imine (C=N–C) groups is 2. The Hall–Kier alpha value is -3.52. The zero-order valence-electron chi connectivity index (χ0n) is 25.9. The van der Waals surface area contributed by atoms with Crippen molar-refractivity contribution in [2.75, 3.05) is 25.9 Å². The first-order valence-corrected chi connectivity index (χ1v) is 15.0. The predicted molar refractivity (Wildman–Crippen MR) is 181 cm³/mol. The minimum Gasteiger partial charge on any atom is -0.397 e. The second kappa shape index (κ2) is 18.1. The molecule has 4 N–H and O–H groups in total. The van der Waals surface area contributed by atoms with Crippen LogP contribution in [0.1, 0.15) is 67.3 Å². The number of nitrogens with zero attached hydrogens (tertiary/aromatic N) is 4. The Morgan fingerprint density at radius 1 is 1.14 bits per heavy atom. The van der Waals surface area contributed by atoms with E-state index in [4.69, 9.17) is 27.4 Å². The molecule has 0 atom stereocenters. The number of allylic oxidation sites excluding steroid dienone is 1. The number of aryl methyl sites for hydroxylation is 2. The Kier molecular flexibility index (Phi) is 15.0. The van der Waals surface area contributed by atoms with E-state index in [0.717, 1.165) is 66.7 Å². The quantitative estimate of drug-likeness (QED) is 0.140. The van der Waals surface area contributed by atoms with Crippen LogP contribution in [0, 0.1) is 6.92 Å². The van der Waals surface area contributed by atoms with Gasteiger partial charge in [0.25, 0.3) is 0 Å². The van der Waals surface area contributed by atoms with Gasteiger partial charge < -0.3 is 16.2 Å². The summed E-state index contributed by atoms with van der Waals surface area (Å²) in [4.78, 5) is 8.64. The van der Waals surface area contributed by atoms with Crippen LogP contribution in [0.5, 0.6) is 0 Å². The van der Waals surface area contributed by atoms with Crippen LogP contribution in [0.4, 0.5) is 5.69 Å². The molecule has 0 radical (unpaired) electrons. The molecule has 7 nitrogen and oxygen atoms in total. The number of para-hydroxylation sites is 2. The lowest BCUT2D eigenvalue weighted by atomic mass is 10.0. The number of hydrogen-bond donors (Lipinski definition) is 3. The summed E-state index contributed by atoms with van der Waals surface area (Å²) in [7, 11) is 1.96. The molecule has 0 amide bonds. The molecular weight excluding hydrogens is 544 g/mol. The van der Waals surface area contributed by atoms with E-state index < -0.39 is 0 Å². The summed E-state index contributed by atoms with van der Waals surface area (Å²) < 4.78 is 2.14. The summed E-state index contributed by atoms with van der Waals surface area (Å²) >= 11 is 5.72. The van der Waals surface area contributed by atoms with Gasteiger partial charge in [0.2, 0.25) is 0 Å². The summed E-state index contributed by atoms with van der Waals surface area (Å²) in [5.41, 5.74) is 15.8. The van der Waals surface area contributed by atoms with Gasteiger partial charge in [0, 0.05) is 30.4 Å². The average molecular weight is 591 g/mol. The maximum Gasteiger partial charge on any atom is 0.0856 e. The first-order chi connectivity index (χ1) is 20.3. The van der Waals surface area contributed by atoms with Crippen molar-refractivity contribution in [1.29, 1.82) is 0 Å². The largest absolute Gasteiger partial charge is 0.397 e. The highest BCUT2D eigenvalue weighted by atomic mass is 35.5. The molecule has 226 valence electrons. The SMILES string of the molecule is C=Cc1cccc(Cl)c1N.C=N/C(CO)=C(\C=NCc1c(CCNC)nn(-c2c(CC)cccc2CCC)c1C)CC. The number of nitrogen functional groups attached to an aromatic ring is 1. The molecule has 8 heteroatoms. The fraction of sp³-hybridized carbons (Fsp3) is 0.382. The van der Waals surface area contributed by atoms with Crippen molar-refractivity contribution in [3.8, 4) is 5.69 Å². The molecule has 0 unspecified atom stereocenters. The van der Waals surface area contributed by atoms with Crippen molar-refractivity contribution in [3.63, 3.8) is 0 Å². The van der Waals surface area contributed by atoms with Gasteiger partial charge in [-0.15, -0.1) is 0 Å². The maximum atomic E-state index is 9.50. The lowest BCUT2D eigenvalue weighted by Gasteiger charge is -2.15. The lowest BCUT2D eigenvalue weighted by Crippen LogP contribution is -2.12. The number of halogens is 1. The third-order valence-electron chi connectivity index (χ3n) is 7.15. The Bertz CT molecular complexity index is 1390. The average Bonchev–Trinajstić information content (AvgIpc) is 3.31. The van der Waals surface area contributed by atoms with E-state index >= 15 is 0 Å². The Balaban J connectivity index is 0.000000518. The molecule has 0 aliphatic heterocycles. The Morgan fingerprint density at radius 2 is 1.86 bits per heavy atom. The molecular formula is C34H47ClN6O. The van der Waals surface area contributed by atoms with Gasteiger partial charge in [-0.25, -0.2) is 4.68 Å². The van der Waals surface area contributed by atoms with Crippen molar-refractivity contribution in [2.45, 2.75) is 66.3 Å². The third-order valence-corrected chi connectivity index (χ3v) is 7.48. The van der Waals surface area contributed by atoms with Crippen molar-refractivity contribution < 1.29 is 5.11 Å².